The summed E-state index contributed by atoms with van der Waals surface area (Å²) in [6, 6.07) is 7.79. The molecule has 0 radical (unpaired) electrons. The number of benzene rings is 1. The number of hydrogen-bond donors (Lipinski definition) is 2. The van der Waals surface area contributed by atoms with Crippen LogP contribution in [-0.4, -0.2) is 60.4 Å². The van der Waals surface area contributed by atoms with E-state index >= 15 is 0 Å². The molecule has 3 atom stereocenters. The lowest BCUT2D eigenvalue weighted by Gasteiger charge is -2.32. The Morgan fingerprint density at radius 2 is 2.11 bits per heavy atom. The summed E-state index contributed by atoms with van der Waals surface area (Å²) in [7, 11) is 1.79. The first-order chi connectivity index (χ1) is 17.5. The molecule has 1 aliphatic carbocycles. The molecule has 3 aromatic heterocycles. The molecule has 1 amide bonds. The van der Waals surface area contributed by atoms with Crippen LogP contribution in [0.3, 0.4) is 0 Å². The highest BCUT2D eigenvalue weighted by Gasteiger charge is 2.43. The number of morpholine rings is 1. The van der Waals surface area contributed by atoms with E-state index in [1.54, 1.807) is 25.5 Å². The smallest absolute Gasteiger partial charge is 0.229 e. The predicted octanol–water partition coefficient (Wildman–Crippen LogP) is 4.25. The highest BCUT2D eigenvalue weighted by molar-refractivity contribution is 6.03. The lowest BCUT2D eigenvalue weighted by Crippen LogP contribution is -2.41. The summed E-state index contributed by atoms with van der Waals surface area (Å²) >= 11 is 0. The van der Waals surface area contributed by atoms with Crippen LogP contribution in [0.15, 0.2) is 41.1 Å². The fourth-order valence-electron chi connectivity index (χ4n) is 4.81. The third kappa shape index (κ3) is 4.11. The minimum atomic E-state index is -0.478. The van der Waals surface area contributed by atoms with E-state index in [-0.39, 0.29) is 23.8 Å². The predicted molar refractivity (Wildman–Crippen MR) is 136 cm³/mol. The van der Waals surface area contributed by atoms with Crippen LogP contribution in [0.1, 0.15) is 13.3 Å². The number of ether oxygens (including phenoxy) is 1. The van der Waals surface area contributed by atoms with Gasteiger partial charge >= 0.3 is 0 Å². The number of fused-ring (bicyclic) bond motifs is 2. The Bertz CT molecular complexity index is 1460. The number of halogens is 1. The molecular weight excluding hydrogens is 463 g/mol. The van der Waals surface area contributed by atoms with Crippen LogP contribution in [-0.2, 0) is 9.53 Å². The summed E-state index contributed by atoms with van der Waals surface area (Å²) in [5.41, 5.74) is 3.19. The van der Waals surface area contributed by atoms with E-state index in [0.717, 1.165) is 35.1 Å². The number of hydrogen-bond acceptors (Lipinski definition) is 8. The Kier molecular flexibility index (Phi) is 5.67. The largest absolute Gasteiger partial charge is 0.436 e. The average molecular weight is 491 g/mol. The number of anilines is 3. The molecule has 0 bridgehead atoms. The second kappa shape index (κ2) is 9.02. The number of nitrogens with one attached hydrogen (secondary N) is 2. The van der Waals surface area contributed by atoms with E-state index < -0.39 is 6.67 Å². The first-order valence-electron chi connectivity index (χ1n) is 12.1. The van der Waals surface area contributed by atoms with Gasteiger partial charge in [-0.05, 0) is 43.5 Å². The van der Waals surface area contributed by atoms with Gasteiger partial charge in [-0.25, -0.2) is 15.0 Å². The van der Waals surface area contributed by atoms with Gasteiger partial charge in [0.15, 0.2) is 5.58 Å². The number of aromatic nitrogens is 3. The Morgan fingerprint density at radius 3 is 2.89 bits per heavy atom. The van der Waals surface area contributed by atoms with E-state index in [1.807, 2.05) is 18.2 Å². The second-order valence-electron chi connectivity index (χ2n) is 9.43. The number of rotatable bonds is 6. The maximum atomic E-state index is 12.9. The normalized spacial score (nSPS) is 21.6. The molecule has 0 spiro atoms. The molecule has 2 fully saturated rings. The molecule has 10 heteroatoms. The van der Waals surface area contributed by atoms with Gasteiger partial charge in [0.05, 0.1) is 24.9 Å². The Morgan fingerprint density at radius 1 is 1.22 bits per heavy atom. The van der Waals surface area contributed by atoms with Gasteiger partial charge in [0.1, 0.15) is 17.2 Å². The monoisotopic (exact) mass is 490 g/mol. The van der Waals surface area contributed by atoms with Gasteiger partial charge in [-0.15, -0.1) is 0 Å². The van der Waals surface area contributed by atoms with Crippen LogP contribution < -0.4 is 15.5 Å². The average Bonchev–Trinajstić information content (AvgIpc) is 3.58. The van der Waals surface area contributed by atoms with E-state index in [9.17, 15) is 9.18 Å². The van der Waals surface area contributed by atoms with Crippen molar-refractivity contribution in [3.63, 3.8) is 0 Å². The minimum Gasteiger partial charge on any atom is -0.436 e. The first kappa shape index (κ1) is 22.7. The summed E-state index contributed by atoms with van der Waals surface area (Å²) in [4.78, 5) is 28.4. The van der Waals surface area contributed by atoms with Gasteiger partial charge in [0.2, 0.25) is 11.8 Å². The van der Waals surface area contributed by atoms with Gasteiger partial charge in [0, 0.05) is 54.9 Å². The van der Waals surface area contributed by atoms with Crippen molar-refractivity contribution in [2.24, 2.45) is 11.8 Å². The summed E-state index contributed by atoms with van der Waals surface area (Å²) in [6.07, 6.45) is 4.11. The van der Waals surface area contributed by atoms with Crippen molar-refractivity contribution in [3.8, 4) is 11.5 Å². The Labute approximate surface area is 207 Å². The molecule has 186 valence electrons. The molecule has 1 saturated carbocycles. The highest BCUT2D eigenvalue weighted by atomic mass is 19.1. The molecule has 2 N–H and O–H groups in total. The third-order valence-electron chi connectivity index (χ3n) is 6.93. The third-order valence-corrected chi connectivity index (χ3v) is 6.93. The fourth-order valence-corrected chi connectivity index (χ4v) is 4.81. The van der Waals surface area contributed by atoms with E-state index in [1.165, 1.54) is 0 Å². The van der Waals surface area contributed by atoms with Crippen molar-refractivity contribution >= 4 is 45.1 Å². The molecule has 2 unspecified atom stereocenters. The molecular formula is C26H27FN6O3. The van der Waals surface area contributed by atoms with Gasteiger partial charge in [-0.2, -0.15) is 0 Å². The number of carbonyl (C=O) groups excluding carboxylic acids is 1. The molecule has 9 nitrogen and oxygen atoms in total. The molecule has 4 heterocycles. The molecule has 1 saturated heterocycles. The van der Waals surface area contributed by atoms with Crippen molar-refractivity contribution in [1.29, 1.82) is 0 Å². The number of alkyl halides is 1. The minimum absolute atomic E-state index is 0.177. The first-order valence-corrected chi connectivity index (χ1v) is 12.1. The topological polar surface area (TPSA) is 105 Å². The Balaban J connectivity index is 1.36. The van der Waals surface area contributed by atoms with Crippen molar-refractivity contribution in [2.75, 3.05) is 49.0 Å². The van der Waals surface area contributed by atoms with Crippen LogP contribution in [0, 0.1) is 11.8 Å². The number of pyridine rings is 2. The zero-order chi connectivity index (χ0) is 24.8. The summed E-state index contributed by atoms with van der Waals surface area (Å²) < 4.78 is 24.7. The summed E-state index contributed by atoms with van der Waals surface area (Å²) in [5, 5.41) is 7.46. The maximum Gasteiger partial charge on any atom is 0.229 e. The fraction of sp³-hybridized carbons (Fsp3) is 0.385. The number of nitrogens with zero attached hydrogens (tertiary/aromatic N) is 4. The number of amides is 1. The van der Waals surface area contributed by atoms with Gasteiger partial charge in [-0.1, -0.05) is 0 Å². The summed E-state index contributed by atoms with van der Waals surface area (Å²) in [5.74, 6) is 0.788. The number of carbonyl (C=O) groups is 1. The molecule has 1 aromatic carbocycles. The Hall–Kier alpha value is -3.79. The van der Waals surface area contributed by atoms with Gasteiger partial charge < -0.3 is 24.7 Å². The van der Waals surface area contributed by atoms with Crippen LogP contribution in [0.4, 0.5) is 21.7 Å². The van der Waals surface area contributed by atoms with E-state index in [4.69, 9.17) is 14.1 Å². The highest BCUT2D eigenvalue weighted by Crippen LogP contribution is 2.40. The van der Waals surface area contributed by atoms with Crippen molar-refractivity contribution < 1.29 is 18.3 Å². The van der Waals surface area contributed by atoms with Crippen LogP contribution in [0.5, 0.6) is 0 Å². The van der Waals surface area contributed by atoms with E-state index in [2.05, 4.69) is 32.4 Å². The van der Waals surface area contributed by atoms with Crippen molar-refractivity contribution in [3.05, 3.63) is 36.7 Å². The van der Waals surface area contributed by atoms with Crippen LogP contribution in [0.2, 0.25) is 0 Å². The zero-order valence-corrected chi connectivity index (χ0v) is 20.1. The lowest BCUT2D eigenvalue weighted by atomic mass is 10.1. The van der Waals surface area contributed by atoms with Gasteiger partial charge in [0.25, 0.3) is 0 Å². The SMILES string of the molecule is CNc1ncc(-c2nc3cc(N4CCO[C@@H](C)C4)ccc3o2)c2cc(NC(=O)C3CC3CF)ncc12. The molecule has 36 heavy (non-hydrogen) atoms. The number of oxazole rings is 1. The van der Waals surface area contributed by atoms with Crippen molar-refractivity contribution in [2.45, 2.75) is 19.4 Å². The molecule has 4 aromatic rings. The summed E-state index contributed by atoms with van der Waals surface area (Å²) in [6.45, 7) is 3.94. The van der Waals surface area contributed by atoms with Crippen LogP contribution in [0.25, 0.3) is 33.3 Å². The molecule has 2 aliphatic rings. The van der Waals surface area contributed by atoms with Crippen molar-refractivity contribution in [1.82, 2.24) is 15.0 Å². The molecule has 1 aliphatic heterocycles. The van der Waals surface area contributed by atoms with Gasteiger partial charge in [-0.3, -0.25) is 9.18 Å². The standard InChI is InChI=1S/C26H27FN6O3/c1-14-13-33(5-6-35-14)16-3-4-22-21(8-16)31-26(36-22)20-12-30-24(28-2)19-11-29-23(9-18(19)20)32-25(34)17-7-15(17)10-27/h3-4,8-9,11-12,14-15,17H,5-7,10,13H2,1-2H3,(H,28,30)(H,29,32,34)/t14-,15?,17?/m0/s1. The lowest BCUT2D eigenvalue weighted by molar-refractivity contribution is -0.117. The maximum absolute atomic E-state index is 12.9. The van der Waals surface area contributed by atoms with E-state index in [0.29, 0.717) is 41.7 Å². The zero-order valence-electron chi connectivity index (χ0n) is 20.1. The molecule has 6 rings (SSSR count). The quantitative estimate of drug-likeness (QED) is 0.413. The van der Waals surface area contributed by atoms with Crippen LogP contribution >= 0.6 is 0 Å². The second-order valence-corrected chi connectivity index (χ2v) is 9.43.